The van der Waals surface area contributed by atoms with Gasteiger partial charge < -0.3 is 20.3 Å². The van der Waals surface area contributed by atoms with Crippen LogP contribution in [-0.4, -0.2) is 55.1 Å². The van der Waals surface area contributed by atoms with Crippen LogP contribution in [0.15, 0.2) is 48.5 Å². The average Bonchev–Trinajstić information content (AvgIpc) is 3.08. The number of nitrogens with zero attached hydrogens (tertiary/aromatic N) is 2. The van der Waals surface area contributed by atoms with Crippen LogP contribution in [0.1, 0.15) is 44.7 Å². The normalized spacial score (nSPS) is 21.6. The van der Waals surface area contributed by atoms with Gasteiger partial charge >= 0.3 is 6.03 Å². The highest BCUT2D eigenvalue weighted by Gasteiger charge is 2.51. The second kappa shape index (κ2) is 9.46. The summed E-state index contributed by atoms with van der Waals surface area (Å²) in [5, 5.41) is 5.60. The van der Waals surface area contributed by atoms with Crippen LogP contribution in [0.3, 0.4) is 0 Å². The topological polar surface area (TPSA) is 91.0 Å². The number of hydrogen-bond donors (Lipinski definition) is 2. The van der Waals surface area contributed by atoms with Crippen molar-refractivity contribution >= 4 is 29.2 Å². The van der Waals surface area contributed by atoms with Crippen molar-refractivity contribution in [3.05, 3.63) is 59.7 Å². The first-order valence-electron chi connectivity index (χ1n) is 11.7. The minimum absolute atomic E-state index is 0.360. The molecule has 2 atom stereocenters. The average molecular weight is 465 g/mol. The number of imide groups is 1. The summed E-state index contributed by atoms with van der Waals surface area (Å²) in [6, 6.07) is 13.6. The van der Waals surface area contributed by atoms with Crippen LogP contribution in [0, 0.1) is 0 Å². The Morgan fingerprint density at radius 1 is 1.00 bits per heavy atom. The van der Waals surface area contributed by atoms with E-state index in [1.165, 1.54) is 0 Å². The fourth-order valence-corrected chi connectivity index (χ4v) is 4.35. The van der Waals surface area contributed by atoms with Crippen LogP contribution in [0.25, 0.3) is 0 Å². The van der Waals surface area contributed by atoms with Crippen molar-refractivity contribution in [1.82, 2.24) is 10.2 Å². The Morgan fingerprint density at radius 3 is 2.21 bits per heavy atom. The van der Waals surface area contributed by atoms with Crippen molar-refractivity contribution in [3.8, 4) is 0 Å². The Bertz CT molecular complexity index is 1060. The molecular formula is C26H32N4O4. The number of morpholine rings is 1. The summed E-state index contributed by atoms with van der Waals surface area (Å²) < 4.78 is 5.38. The van der Waals surface area contributed by atoms with Gasteiger partial charge in [-0.2, -0.15) is 0 Å². The fourth-order valence-electron chi connectivity index (χ4n) is 4.35. The van der Waals surface area contributed by atoms with Crippen molar-refractivity contribution in [1.29, 1.82) is 0 Å². The largest absolute Gasteiger partial charge is 0.378 e. The lowest BCUT2D eigenvalue weighted by Gasteiger charge is -2.29. The van der Waals surface area contributed by atoms with Gasteiger partial charge in [0.2, 0.25) is 5.91 Å². The van der Waals surface area contributed by atoms with Crippen molar-refractivity contribution < 1.29 is 19.1 Å². The second-order valence-electron chi connectivity index (χ2n) is 9.32. The molecule has 2 aliphatic heterocycles. The number of anilines is 2. The van der Waals surface area contributed by atoms with Crippen molar-refractivity contribution in [2.24, 2.45) is 0 Å². The van der Waals surface area contributed by atoms with E-state index in [-0.39, 0.29) is 0 Å². The van der Waals surface area contributed by atoms with Crippen LogP contribution in [0.5, 0.6) is 0 Å². The molecule has 0 aromatic heterocycles. The number of carbonyl (C=O) groups excluding carboxylic acids is 3. The summed E-state index contributed by atoms with van der Waals surface area (Å²) in [4.78, 5) is 42.2. The summed E-state index contributed by atoms with van der Waals surface area (Å²) in [5.41, 5.74) is 2.27. The molecule has 2 fully saturated rings. The van der Waals surface area contributed by atoms with Crippen molar-refractivity contribution in [2.45, 2.75) is 45.2 Å². The Hall–Kier alpha value is -3.39. The highest BCUT2D eigenvalue weighted by molar-refractivity contribution is 6.11. The molecule has 4 amide bonds. The molecule has 0 spiro atoms. The zero-order valence-corrected chi connectivity index (χ0v) is 20.1. The predicted molar refractivity (Wildman–Crippen MR) is 131 cm³/mol. The molecule has 2 aliphatic rings. The number of urea groups is 1. The summed E-state index contributed by atoms with van der Waals surface area (Å²) in [6.07, 6.45) is 0. The summed E-state index contributed by atoms with van der Waals surface area (Å²) >= 11 is 0. The summed E-state index contributed by atoms with van der Waals surface area (Å²) in [6.45, 7) is 10.5. The first kappa shape index (κ1) is 23.8. The quantitative estimate of drug-likeness (QED) is 0.639. The molecule has 8 nitrogen and oxygen atoms in total. The Balaban J connectivity index is 1.44. The van der Waals surface area contributed by atoms with Gasteiger partial charge in [-0.15, -0.1) is 0 Å². The van der Waals surface area contributed by atoms with Gasteiger partial charge in [0.15, 0.2) is 0 Å². The lowest BCUT2D eigenvalue weighted by Crippen LogP contribution is -2.47. The zero-order valence-electron chi connectivity index (χ0n) is 20.1. The van der Waals surface area contributed by atoms with E-state index in [2.05, 4.69) is 29.4 Å². The molecular weight excluding hydrogens is 432 g/mol. The van der Waals surface area contributed by atoms with E-state index in [1.54, 1.807) is 13.8 Å². The monoisotopic (exact) mass is 464 g/mol. The van der Waals surface area contributed by atoms with Gasteiger partial charge in [-0.25, -0.2) is 9.69 Å². The summed E-state index contributed by atoms with van der Waals surface area (Å²) in [5.74, 6) is -0.513. The van der Waals surface area contributed by atoms with Gasteiger partial charge in [0.05, 0.1) is 13.2 Å². The van der Waals surface area contributed by atoms with Crippen LogP contribution < -0.4 is 15.5 Å². The van der Waals surface area contributed by atoms with Gasteiger partial charge in [-0.1, -0.05) is 38.1 Å². The van der Waals surface area contributed by atoms with E-state index in [0.717, 1.165) is 29.2 Å². The van der Waals surface area contributed by atoms with E-state index in [1.807, 2.05) is 48.5 Å². The Labute approximate surface area is 200 Å². The first-order chi connectivity index (χ1) is 16.2. The number of nitrogens with one attached hydrogen (secondary N) is 2. The molecule has 0 bridgehead atoms. The van der Waals surface area contributed by atoms with Gasteiger partial charge in [0.25, 0.3) is 5.91 Å². The summed E-state index contributed by atoms with van der Waals surface area (Å²) in [7, 11) is 0. The number of amides is 4. The van der Waals surface area contributed by atoms with Gasteiger partial charge in [-0.3, -0.25) is 9.59 Å². The van der Waals surface area contributed by atoms with E-state index in [0.29, 0.717) is 30.4 Å². The molecule has 2 heterocycles. The number of carbonyl (C=O) groups is 3. The fraction of sp³-hybridized carbons (Fsp3) is 0.423. The Morgan fingerprint density at radius 2 is 1.62 bits per heavy atom. The van der Waals surface area contributed by atoms with Crippen LogP contribution in [0.2, 0.25) is 0 Å². The third kappa shape index (κ3) is 4.50. The molecule has 2 N–H and O–H groups in total. The third-order valence-electron chi connectivity index (χ3n) is 6.65. The second-order valence-corrected chi connectivity index (χ2v) is 9.32. The smallest absolute Gasteiger partial charge is 0.326 e. The van der Waals surface area contributed by atoms with E-state index in [4.69, 9.17) is 4.74 Å². The van der Waals surface area contributed by atoms with E-state index < -0.39 is 29.4 Å². The number of benzene rings is 2. The number of hydrogen-bond acceptors (Lipinski definition) is 5. The first-order valence-corrected chi connectivity index (χ1v) is 11.7. The molecule has 0 aliphatic carbocycles. The van der Waals surface area contributed by atoms with Gasteiger partial charge in [0.1, 0.15) is 11.6 Å². The molecule has 180 valence electrons. The van der Waals surface area contributed by atoms with Crippen molar-refractivity contribution in [3.63, 3.8) is 0 Å². The molecule has 2 saturated heterocycles. The van der Waals surface area contributed by atoms with Crippen LogP contribution in [-0.2, 0) is 19.9 Å². The maximum absolute atomic E-state index is 13.3. The number of rotatable bonds is 6. The van der Waals surface area contributed by atoms with E-state index >= 15 is 0 Å². The highest BCUT2D eigenvalue weighted by Crippen LogP contribution is 2.31. The maximum atomic E-state index is 13.3. The van der Waals surface area contributed by atoms with Crippen LogP contribution in [0.4, 0.5) is 16.2 Å². The Kier molecular flexibility index (Phi) is 6.61. The molecule has 0 radical (unpaired) electrons. The molecule has 8 heteroatoms. The molecule has 2 aromatic carbocycles. The molecule has 2 aromatic rings. The zero-order chi connectivity index (χ0) is 24.5. The van der Waals surface area contributed by atoms with Crippen molar-refractivity contribution in [2.75, 3.05) is 36.5 Å². The van der Waals surface area contributed by atoms with Gasteiger partial charge in [-0.05, 0) is 55.2 Å². The van der Waals surface area contributed by atoms with Crippen LogP contribution >= 0.6 is 0 Å². The molecule has 0 saturated carbocycles. The number of ether oxygens (including phenoxy) is 1. The third-order valence-corrected chi connectivity index (χ3v) is 6.65. The standard InChI is InChI=1S/C26H32N4O4/c1-17(2)19-5-7-20(8-6-19)26(4)24(32)30(25(33)28-26)18(3)23(31)27-21-9-11-22(12-10-21)29-13-15-34-16-14-29/h5-12,17-18H,13-16H2,1-4H3,(H,27,31)(H,28,33)/t18-,26+/m1/s1. The molecule has 0 unspecified atom stereocenters. The molecule has 4 rings (SSSR count). The minimum Gasteiger partial charge on any atom is -0.378 e. The SMILES string of the molecule is CC(C)c1ccc([C@]2(C)NC(=O)N([C@H](C)C(=O)Nc3ccc(N4CCOCC4)cc3)C2=O)cc1. The molecule has 34 heavy (non-hydrogen) atoms. The highest BCUT2D eigenvalue weighted by atomic mass is 16.5. The van der Waals surface area contributed by atoms with Gasteiger partial charge in [0, 0.05) is 24.5 Å². The maximum Gasteiger partial charge on any atom is 0.326 e. The lowest BCUT2D eigenvalue weighted by atomic mass is 9.90. The predicted octanol–water partition coefficient (Wildman–Crippen LogP) is 3.44. The lowest BCUT2D eigenvalue weighted by molar-refractivity contribution is -0.136. The van der Waals surface area contributed by atoms with E-state index in [9.17, 15) is 14.4 Å². The minimum atomic E-state index is -1.22.